The van der Waals surface area contributed by atoms with Crippen molar-refractivity contribution < 1.29 is 0 Å². The van der Waals surface area contributed by atoms with E-state index >= 15 is 0 Å². The maximum absolute atomic E-state index is 2.49. The summed E-state index contributed by atoms with van der Waals surface area (Å²) in [6, 6.07) is 0. The highest BCUT2D eigenvalue weighted by Gasteiger charge is 2.14. The quantitative estimate of drug-likeness (QED) is 0.612. The topological polar surface area (TPSA) is 3.24 Å². The fourth-order valence-corrected chi connectivity index (χ4v) is 1.51. The first-order valence-electron chi connectivity index (χ1n) is 5.15. The fraction of sp³-hybridized carbons (Fsp3) is 0.909. The zero-order valence-corrected chi connectivity index (χ0v) is 8.77. The fourth-order valence-electron chi connectivity index (χ4n) is 1.51. The molecule has 0 bridgehead atoms. The third-order valence-electron chi connectivity index (χ3n) is 2.44. The Bertz CT molecular complexity index is 117. The first kappa shape index (κ1) is 10.0. The molecule has 1 aliphatic rings. The van der Waals surface area contributed by atoms with Crippen LogP contribution in [0.25, 0.3) is 0 Å². The predicted octanol–water partition coefficient (Wildman–Crippen LogP) is 3.07. The number of hydrogen-bond acceptors (Lipinski definition) is 1. The maximum atomic E-state index is 2.49. The Kier molecular flexibility index (Phi) is 3.57. The lowest BCUT2D eigenvalue weighted by atomic mass is 9.92. The summed E-state index contributed by atoms with van der Waals surface area (Å²) in [5, 5.41) is 0. The number of piperidine rings is 1. The lowest BCUT2D eigenvalue weighted by Crippen LogP contribution is -2.28. The van der Waals surface area contributed by atoms with E-state index in [2.05, 4.69) is 32.2 Å². The molecule has 1 nitrogen and oxygen atoms in total. The summed E-state index contributed by atoms with van der Waals surface area (Å²) >= 11 is 0. The molecule has 0 amide bonds. The Morgan fingerprint density at radius 2 is 2.00 bits per heavy atom. The van der Waals surface area contributed by atoms with Gasteiger partial charge in [0, 0.05) is 6.54 Å². The van der Waals surface area contributed by atoms with Crippen LogP contribution in [0.4, 0.5) is 0 Å². The van der Waals surface area contributed by atoms with Crippen LogP contribution in [-0.4, -0.2) is 18.0 Å². The number of hydrogen-bond donors (Lipinski definition) is 0. The van der Waals surface area contributed by atoms with Crippen molar-refractivity contribution in [3.8, 4) is 0 Å². The van der Waals surface area contributed by atoms with E-state index in [4.69, 9.17) is 0 Å². The van der Waals surface area contributed by atoms with Gasteiger partial charge in [0.05, 0.1) is 0 Å². The number of nitrogens with zero attached hydrogens (tertiary/aromatic N) is 1. The summed E-state index contributed by atoms with van der Waals surface area (Å²) in [5.74, 6) is 0. The normalized spacial score (nSPS) is 21.2. The molecular formula is C11H22N. The standard InChI is InChI=1S/C11H22N/c1-11(2,3)7-10-12-8-5-4-6-9-12/h8H,4-7,9-10H2,1-3H3. The first-order chi connectivity index (χ1) is 5.58. The highest BCUT2D eigenvalue weighted by atomic mass is 15.1. The van der Waals surface area contributed by atoms with Crippen molar-refractivity contribution in [2.75, 3.05) is 13.1 Å². The third-order valence-corrected chi connectivity index (χ3v) is 2.44. The van der Waals surface area contributed by atoms with Gasteiger partial charge in [-0.3, -0.25) is 4.90 Å². The van der Waals surface area contributed by atoms with Crippen LogP contribution in [0, 0.1) is 12.0 Å². The second-order valence-electron chi connectivity index (χ2n) is 5.02. The Morgan fingerprint density at radius 3 is 2.50 bits per heavy atom. The zero-order valence-electron chi connectivity index (χ0n) is 8.77. The van der Waals surface area contributed by atoms with Crippen LogP contribution < -0.4 is 0 Å². The summed E-state index contributed by atoms with van der Waals surface area (Å²) in [6.45, 7) is 11.9. The van der Waals surface area contributed by atoms with E-state index in [1.807, 2.05) is 0 Å². The number of rotatable bonds is 2. The van der Waals surface area contributed by atoms with E-state index in [0.29, 0.717) is 5.41 Å². The Balaban J connectivity index is 2.13. The molecule has 1 radical (unpaired) electrons. The minimum absolute atomic E-state index is 0.491. The van der Waals surface area contributed by atoms with E-state index in [1.54, 1.807) is 0 Å². The van der Waals surface area contributed by atoms with Crippen LogP contribution >= 0.6 is 0 Å². The molecule has 1 heteroatoms. The molecule has 0 aromatic heterocycles. The van der Waals surface area contributed by atoms with Gasteiger partial charge in [-0.05, 0) is 37.8 Å². The van der Waals surface area contributed by atoms with E-state index in [-0.39, 0.29) is 0 Å². The monoisotopic (exact) mass is 168 g/mol. The van der Waals surface area contributed by atoms with Gasteiger partial charge in [0.1, 0.15) is 0 Å². The van der Waals surface area contributed by atoms with Crippen LogP contribution in [0.2, 0.25) is 0 Å². The highest BCUT2D eigenvalue weighted by Crippen LogP contribution is 2.21. The molecule has 0 aromatic carbocycles. The van der Waals surface area contributed by atoms with Crippen LogP contribution in [0.15, 0.2) is 0 Å². The molecule has 0 saturated carbocycles. The Morgan fingerprint density at radius 1 is 1.25 bits per heavy atom. The minimum atomic E-state index is 0.491. The highest BCUT2D eigenvalue weighted by molar-refractivity contribution is 4.76. The van der Waals surface area contributed by atoms with Crippen molar-refractivity contribution in [1.29, 1.82) is 0 Å². The predicted molar refractivity (Wildman–Crippen MR) is 53.8 cm³/mol. The van der Waals surface area contributed by atoms with Gasteiger partial charge >= 0.3 is 0 Å². The van der Waals surface area contributed by atoms with Crippen LogP contribution in [-0.2, 0) is 0 Å². The summed E-state index contributed by atoms with van der Waals surface area (Å²) in [6.07, 6.45) is 5.39. The molecule has 0 aliphatic carbocycles. The second-order valence-corrected chi connectivity index (χ2v) is 5.02. The molecule has 1 saturated heterocycles. The molecule has 0 aromatic rings. The van der Waals surface area contributed by atoms with E-state index in [9.17, 15) is 0 Å². The van der Waals surface area contributed by atoms with E-state index < -0.39 is 0 Å². The lowest BCUT2D eigenvalue weighted by molar-refractivity contribution is 0.236. The van der Waals surface area contributed by atoms with Gasteiger partial charge in [0.2, 0.25) is 0 Å². The SMILES string of the molecule is CC(C)(C)CCN1[CH]CCCC1. The third kappa shape index (κ3) is 4.10. The summed E-state index contributed by atoms with van der Waals surface area (Å²) in [5.41, 5.74) is 0.491. The molecule has 1 heterocycles. The molecule has 1 aliphatic heterocycles. The van der Waals surface area contributed by atoms with E-state index in [1.165, 1.54) is 38.8 Å². The van der Waals surface area contributed by atoms with Crippen molar-refractivity contribution in [1.82, 2.24) is 4.90 Å². The molecule has 1 fully saturated rings. The van der Waals surface area contributed by atoms with Gasteiger partial charge in [-0.1, -0.05) is 27.2 Å². The van der Waals surface area contributed by atoms with Crippen LogP contribution in [0.3, 0.4) is 0 Å². The van der Waals surface area contributed by atoms with Gasteiger partial charge in [-0.15, -0.1) is 0 Å². The largest absolute Gasteiger partial charge is 0.299 e. The van der Waals surface area contributed by atoms with Crippen LogP contribution in [0.5, 0.6) is 0 Å². The molecule has 0 unspecified atom stereocenters. The van der Waals surface area contributed by atoms with E-state index in [0.717, 1.165) is 0 Å². The lowest BCUT2D eigenvalue weighted by Gasteiger charge is -2.29. The Labute approximate surface area is 77.1 Å². The number of likely N-dealkylation sites (tertiary alicyclic amines) is 1. The first-order valence-corrected chi connectivity index (χ1v) is 5.15. The molecule has 1 rings (SSSR count). The smallest absolute Gasteiger partial charge is 0.0251 e. The summed E-state index contributed by atoms with van der Waals surface area (Å²) in [7, 11) is 0. The molecule has 12 heavy (non-hydrogen) atoms. The van der Waals surface area contributed by atoms with Gasteiger partial charge in [-0.2, -0.15) is 0 Å². The maximum Gasteiger partial charge on any atom is 0.0251 e. The zero-order chi connectivity index (χ0) is 9.03. The molecule has 0 N–H and O–H groups in total. The van der Waals surface area contributed by atoms with Gasteiger partial charge < -0.3 is 0 Å². The van der Waals surface area contributed by atoms with Gasteiger partial charge in [0.25, 0.3) is 0 Å². The average molecular weight is 168 g/mol. The van der Waals surface area contributed by atoms with Crippen molar-refractivity contribution in [2.45, 2.75) is 46.5 Å². The summed E-state index contributed by atoms with van der Waals surface area (Å²) in [4.78, 5) is 2.49. The van der Waals surface area contributed by atoms with Crippen LogP contribution in [0.1, 0.15) is 46.5 Å². The van der Waals surface area contributed by atoms with Crippen molar-refractivity contribution in [3.63, 3.8) is 0 Å². The molecule has 0 atom stereocenters. The second kappa shape index (κ2) is 4.27. The average Bonchev–Trinajstić information content (AvgIpc) is 2.02. The van der Waals surface area contributed by atoms with Gasteiger partial charge in [-0.25, -0.2) is 0 Å². The Hall–Kier alpha value is -0.0400. The van der Waals surface area contributed by atoms with Crippen molar-refractivity contribution >= 4 is 0 Å². The molecular weight excluding hydrogens is 146 g/mol. The molecule has 0 spiro atoms. The van der Waals surface area contributed by atoms with Crippen molar-refractivity contribution in [3.05, 3.63) is 6.54 Å². The van der Waals surface area contributed by atoms with Crippen molar-refractivity contribution in [2.24, 2.45) is 5.41 Å². The minimum Gasteiger partial charge on any atom is -0.299 e. The molecule has 71 valence electrons. The van der Waals surface area contributed by atoms with Gasteiger partial charge in [0.15, 0.2) is 0 Å². The summed E-state index contributed by atoms with van der Waals surface area (Å²) < 4.78 is 0.